The molecular formula is C6H4N4. The van der Waals surface area contributed by atoms with Crippen molar-refractivity contribution >= 4 is 0 Å². The van der Waals surface area contributed by atoms with Gasteiger partial charge in [0, 0.05) is 13.2 Å². The first kappa shape index (κ1) is 6.31. The average Bonchev–Trinajstić information content (AvgIpc) is 2.30. The van der Waals surface area contributed by atoms with Gasteiger partial charge in [0.1, 0.15) is 17.7 Å². The molecule has 0 amide bonds. The van der Waals surface area contributed by atoms with Gasteiger partial charge in [-0.3, -0.25) is 4.68 Å². The first-order valence-electron chi connectivity index (χ1n) is 2.61. The highest BCUT2D eigenvalue weighted by molar-refractivity contribution is 5.38. The van der Waals surface area contributed by atoms with Crippen molar-refractivity contribution in [3.63, 3.8) is 0 Å². The normalized spacial score (nSPS) is 8.30. The Morgan fingerprint density at radius 1 is 1.50 bits per heavy atom. The first-order valence-corrected chi connectivity index (χ1v) is 2.61. The quantitative estimate of drug-likeness (QED) is 0.505. The molecule has 0 aromatic carbocycles. The molecule has 0 fully saturated rings. The van der Waals surface area contributed by atoms with Crippen LogP contribution in [0, 0.1) is 22.7 Å². The minimum Gasteiger partial charge on any atom is -0.273 e. The standard InChI is InChI=1S/C6H4N4/c1-10-4-5(2-7)6(3-8)9-10/h4H,1H3. The van der Waals surface area contributed by atoms with E-state index in [0.29, 0.717) is 5.56 Å². The van der Waals surface area contributed by atoms with Crippen LogP contribution in [0.2, 0.25) is 0 Å². The maximum Gasteiger partial charge on any atom is 0.180 e. The second-order valence-electron chi connectivity index (χ2n) is 1.79. The summed E-state index contributed by atoms with van der Waals surface area (Å²) in [5, 5.41) is 20.5. The Labute approximate surface area is 57.9 Å². The van der Waals surface area contributed by atoms with Gasteiger partial charge in [-0.2, -0.15) is 15.6 Å². The van der Waals surface area contributed by atoms with Crippen molar-refractivity contribution in [3.05, 3.63) is 17.5 Å². The van der Waals surface area contributed by atoms with Crippen LogP contribution in [0.3, 0.4) is 0 Å². The van der Waals surface area contributed by atoms with Crippen LogP contribution in [-0.4, -0.2) is 9.78 Å². The summed E-state index contributed by atoms with van der Waals surface area (Å²) in [6.07, 6.45) is 1.51. The Hall–Kier alpha value is -1.81. The van der Waals surface area contributed by atoms with Crippen molar-refractivity contribution in [2.45, 2.75) is 0 Å². The van der Waals surface area contributed by atoms with Gasteiger partial charge in [0.25, 0.3) is 0 Å². The van der Waals surface area contributed by atoms with E-state index in [1.54, 1.807) is 7.05 Å². The van der Waals surface area contributed by atoms with Crippen LogP contribution in [0.25, 0.3) is 0 Å². The number of hydrogen-bond donors (Lipinski definition) is 0. The molecule has 0 unspecified atom stereocenters. The molecule has 0 aliphatic heterocycles. The van der Waals surface area contributed by atoms with E-state index < -0.39 is 0 Å². The number of hydrogen-bond acceptors (Lipinski definition) is 3. The summed E-state index contributed by atoms with van der Waals surface area (Å²) in [7, 11) is 1.67. The van der Waals surface area contributed by atoms with E-state index in [-0.39, 0.29) is 5.69 Å². The molecule has 0 radical (unpaired) electrons. The minimum absolute atomic E-state index is 0.185. The lowest BCUT2D eigenvalue weighted by molar-refractivity contribution is 0.763. The highest BCUT2D eigenvalue weighted by Crippen LogP contribution is 2.00. The maximum atomic E-state index is 8.41. The van der Waals surface area contributed by atoms with Crippen LogP contribution in [0.4, 0.5) is 0 Å². The fraction of sp³-hybridized carbons (Fsp3) is 0.167. The van der Waals surface area contributed by atoms with Crippen molar-refractivity contribution in [2.24, 2.45) is 7.05 Å². The van der Waals surface area contributed by atoms with Crippen molar-refractivity contribution < 1.29 is 0 Å². The molecule has 1 aromatic rings. The van der Waals surface area contributed by atoms with E-state index in [1.807, 2.05) is 12.1 Å². The summed E-state index contributed by atoms with van der Waals surface area (Å²) in [6, 6.07) is 3.67. The van der Waals surface area contributed by atoms with Gasteiger partial charge in [-0.05, 0) is 0 Å². The SMILES string of the molecule is Cn1cc(C#N)c(C#N)n1. The Kier molecular flexibility index (Phi) is 1.39. The lowest BCUT2D eigenvalue weighted by Crippen LogP contribution is -1.86. The zero-order valence-electron chi connectivity index (χ0n) is 5.37. The Balaban J connectivity index is 3.28. The fourth-order valence-electron chi connectivity index (χ4n) is 0.653. The average molecular weight is 132 g/mol. The molecule has 0 aliphatic carbocycles. The minimum atomic E-state index is 0.185. The van der Waals surface area contributed by atoms with E-state index in [9.17, 15) is 0 Å². The van der Waals surface area contributed by atoms with Gasteiger partial charge in [-0.25, -0.2) is 0 Å². The van der Waals surface area contributed by atoms with Gasteiger partial charge >= 0.3 is 0 Å². The number of rotatable bonds is 0. The first-order chi connectivity index (χ1) is 4.77. The smallest absolute Gasteiger partial charge is 0.180 e. The molecule has 0 N–H and O–H groups in total. The van der Waals surface area contributed by atoms with Crippen LogP contribution >= 0.6 is 0 Å². The van der Waals surface area contributed by atoms with Gasteiger partial charge in [0.05, 0.1) is 0 Å². The summed E-state index contributed by atoms with van der Waals surface area (Å²) >= 11 is 0. The second-order valence-corrected chi connectivity index (χ2v) is 1.79. The Bertz CT molecular complexity index is 291. The highest BCUT2D eigenvalue weighted by atomic mass is 15.2. The molecule has 10 heavy (non-hydrogen) atoms. The van der Waals surface area contributed by atoms with Crippen molar-refractivity contribution in [1.82, 2.24) is 9.78 Å². The van der Waals surface area contributed by atoms with Crippen LogP contribution in [-0.2, 0) is 7.05 Å². The molecule has 48 valence electrons. The number of aryl methyl sites for hydroxylation is 1. The van der Waals surface area contributed by atoms with Gasteiger partial charge in [-0.1, -0.05) is 0 Å². The molecule has 1 heterocycles. The van der Waals surface area contributed by atoms with E-state index in [2.05, 4.69) is 5.10 Å². The molecule has 0 atom stereocenters. The van der Waals surface area contributed by atoms with Crippen LogP contribution in [0.5, 0.6) is 0 Å². The summed E-state index contributed by atoms with van der Waals surface area (Å²) in [5.74, 6) is 0. The van der Waals surface area contributed by atoms with Crippen molar-refractivity contribution in [3.8, 4) is 12.1 Å². The molecule has 0 saturated carbocycles. The van der Waals surface area contributed by atoms with E-state index in [0.717, 1.165) is 0 Å². The third-order valence-corrected chi connectivity index (χ3v) is 1.06. The molecule has 1 aromatic heterocycles. The topological polar surface area (TPSA) is 65.4 Å². The van der Waals surface area contributed by atoms with E-state index in [1.165, 1.54) is 10.9 Å². The molecule has 0 bridgehead atoms. The third kappa shape index (κ3) is 0.828. The number of aromatic nitrogens is 2. The molecular weight excluding hydrogens is 128 g/mol. The second kappa shape index (κ2) is 2.20. The highest BCUT2D eigenvalue weighted by Gasteiger charge is 2.03. The summed E-state index contributed by atoms with van der Waals surface area (Å²) in [6.45, 7) is 0. The largest absolute Gasteiger partial charge is 0.273 e. The fourth-order valence-corrected chi connectivity index (χ4v) is 0.653. The molecule has 4 heteroatoms. The van der Waals surface area contributed by atoms with Crippen molar-refractivity contribution in [1.29, 1.82) is 10.5 Å². The lowest BCUT2D eigenvalue weighted by Gasteiger charge is -1.78. The Morgan fingerprint density at radius 2 is 2.20 bits per heavy atom. The zero-order chi connectivity index (χ0) is 7.56. The van der Waals surface area contributed by atoms with Crippen LogP contribution in [0.1, 0.15) is 11.3 Å². The molecule has 1 rings (SSSR count). The van der Waals surface area contributed by atoms with Crippen LogP contribution < -0.4 is 0 Å². The van der Waals surface area contributed by atoms with E-state index in [4.69, 9.17) is 10.5 Å². The maximum absolute atomic E-state index is 8.41. The lowest BCUT2D eigenvalue weighted by atomic mass is 10.3. The number of nitriles is 2. The van der Waals surface area contributed by atoms with Gasteiger partial charge in [-0.15, -0.1) is 0 Å². The van der Waals surface area contributed by atoms with Gasteiger partial charge in [0.15, 0.2) is 5.69 Å². The van der Waals surface area contributed by atoms with E-state index >= 15 is 0 Å². The summed E-state index contributed by atoms with van der Waals surface area (Å²) < 4.78 is 1.44. The molecule has 0 spiro atoms. The summed E-state index contributed by atoms with van der Waals surface area (Å²) in [5.41, 5.74) is 0.509. The predicted molar refractivity (Wildman–Crippen MR) is 32.6 cm³/mol. The predicted octanol–water partition coefficient (Wildman–Crippen LogP) is 0.163. The monoisotopic (exact) mass is 132 g/mol. The van der Waals surface area contributed by atoms with Gasteiger partial charge < -0.3 is 0 Å². The molecule has 0 aliphatic rings. The zero-order valence-corrected chi connectivity index (χ0v) is 5.37. The Morgan fingerprint density at radius 3 is 2.60 bits per heavy atom. The van der Waals surface area contributed by atoms with Crippen LogP contribution in [0.15, 0.2) is 6.20 Å². The molecule has 4 nitrogen and oxygen atoms in total. The third-order valence-electron chi connectivity index (χ3n) is 1.06. The van der Waals surface area contributed by atoms with Crippen molar-refractivity contribution in [2.75, 3.05) is 0 Å². The number of nitrogens with zero attached hydrogens (tertiary/aromatic N) is 4. The van der Waals surface area contributed by atoms with Gasteiger partial charge in [0.2, 0.25) is 0 Å². The molecule has 0 saturated heterocycles. The summed E-state index contributed by atoms with van der Waals surface area (Å²) in [4.78, 5) is 0.